The first kappa shape index (κ1) is 13.7. The highest BCUT2D eigenvalue weighted by Crippen LogP contribution is 2.34. The van der Waals surface area contributed by atoms with Crippen LogP contribution >= 0.6 is 0 Å². The maximum atomic E-state index is 4.43. The molecule has 0 spiro atoms. The molecule has 0 radical (unpaired) electrons. The lowest BCUT2D eigenvalue weighted by Crippen LogP contribution is -1.86. The third-order valence-electron chi connectivity index (χ3n) is 4.46. The molecule has 0 fully saturated rings. The molecule has 2 heteroatoms. The first-order valence-electron chi connectivity index (χ1n) is 7.70. The van der Waals surface area contributed by atoms with Crippen molar-refractivity contribution in [3.8, 4) is 22.3 Å². The standard InChI is InChI=1S/C21H16N2/c1-14-18-5-3-7-20(14)22-13-23-21-8-4-6-19(15(21)2)17-11-9-16(18)10-12-17/h3-12H,1-2H3. The van der Waals surface area contributed by atoms with Crippen LogP contribution in [-0.2, 0) is 0 Å². The summed E-state index contributed by atoms with van der Waals surface area (Å²) in [6, 6.07) is 23.9. The number of benzene rings is 3. The first-order chi connectivity index (χ1) is 11.2. The predicted molar refractivity (Wildman–Crippen MR) is 96.0 cm³/mol. The van der Waals surface area contributed by atoms with Crippen molar-refractivity contribution in [1.29, 1.82) is 0 Å². The van der Waals surface area contributed by atoms with Gasteiger partial charge in [-0.2, -0.15) is 9.98 Å². The minimum atomic E-state index is 0.906. The van der Waals surface area contributed by atoms with E-state index in [0.29, 0.717) is 0 Å². The summed E-state index contributed by atoms with van der Waals surface area (Å²) in [6.45, 7) is 4.18. The van der Waals surface area contributed by atoms with Gasteiger partial charge >= 0.3 is 0 Å². The highest BCUT2D eigenvalue weighted by atomic mass is 14.8. The SMILES string of the molecule is Cc1c2cccc1-c1ccc(cc1)-c1cccc(c1C)N=C=N2. The van der Waals surface area contributed by atoms with Gasteiger partial charge in [-0.1, -0.05) is 48.5 Å². The zero-order valence-electron chi connectivity index (χ0n) is 13.2. The van der Waals surface area contributed by atoms with Crippen LogP contribution in [0.4, 0.5) is 11.4 Å². The van der Waals surface area contributed by atoms with Crippen molar-refractivity contribution in [2.75, 3.05) is 0 Å². The van der Waals surface area contributed by atoms with Gasteiger partial charge in [0.15, 0.2) is 0 Å². The normalized spacial score (nSPS) is 11.7. The van der Waals surface area contributed by atoms with E-state index in [2.05, 4.69) is 66.2 Å². The van der Waals surface area contributed by atoms with Crippen LogP contribution < -0.4 is 0 Å². The van der Waals surface area contributed by atoms with Gasteiger partial charge in [-0.3, -0.25) is 0 Å². The van der Waals surface area contributed by atoms with E-state index in [9.17, 15) is 0 Å². The largest absolute Gasteiger partial charge is 0.187 e. The molecular weight excluding hydrogens is 280 g/mol. The maximum absolute atomic E-state index is 4.43. The third-order valence-corrected chi connectivity index (χ3v) is 4.46. The lowest BCUT2D eigenvalue weighted by molar-refractivity contribution is 1.38. The smallest absolute Gasteiger partial charge is 0.100 e. The minimum absolute atomic E-state index is 0.906. The fraction of sp³-hybridized carbons (Fsp3) is 0.0952. The Kier molecular flexibility index (Phi) is 3.18. The number of nitrogens with zero attached hydrogens (tertiary/aromatic N) is 2. The molecule has 2 aliphatic heterocycles. The Morgan fingerprint density at radius 3 is 1.48 bits per heavy atom. The van der Waals surface area contributed by atoms with Crippen molar-refractivity contribution in [1.82, 2.24) is 0 Å². The number of fused-ring (bicyclic) bond motifs is 2. The second kappa shape index (κ2) is 5.35. The lowest BCUT2D eigenvalue weighted by Gasteiger charge is -2.10. The van der Waals surface area contributed by atoms with Gasteiger partial charge in [0, 0.05) is 0 Å². The van der Waals surface area contributed by atoms with Crippen LogP contribution in [0, 0.1) is 13.8 Å². The molecule has 0 unspecified atom stereocenters. The Bertz CT molecular complexity index is 883. The summed E-state index contributed by atoms with van der Waals surface area (Å²) in [5.41, 5.74) is 8.90. The molecule has 2 heterocycles. The first-order valence-corrected chi connectivity index (χ1v) is 7.70. The van der Waals surface area contributed by atoms with Crippen molar-refractivity contribution in [2.24, 2.45) is 9.98 Å². The topological polar surface area (TPSA) is 24.7 Å². The Morgan fingerprint density at radius 2 is 1.04 bits per heavy atom. The van der Waals surface area contributed by atoms with Gasteiger partial charge in [-0.25, -0.2) is 0 Å². The summed E-state index contributed by atoms with van der Waals surface area (Å²) in [7, 11) is 0. The highest BCUT2D eigenvalue weighted by molar-refractivity contribution is 5.79. The van der Waals surface area contributed by atoms with Crippen LogP contribution in [0.15, 0.2) is 70.6 Å². The summed E-state index contributed by atoms with van der Waals surface area (Å²) in [4.78, 5) is 8.87. The molecule has 6 bridgehead atoms. The summed E-state index contributed by atoms with van der Waals surface area (Å²) in [6.07, 6.45) is 0. The van der Waals surface area contributed by atoms with Gasteiger partial charge in [0.25, 0.3) is 0 Å². The van der Waals surface area contributed by atoms with Gasteiger partial charge in [-0.15, -0.1) is 0 Å². The van der Waals surface area contributed by atoms with E-state index in [-0.39, 0.29) is 0 Å². The van der Waals surface area contributed by atoms with Gasteiger partial charge in [-0.05, 0) is 59.4 Å². The molecule has 3 aromatic carbocycles. The Balaban J connectivity index is 2.08. The van der Waals surface area contributed by atoms with E-state index < -0.39 is 0 Å². The van der Waals surface area contributed by atoms with Crippen molar-refractivity contribution in [3.63, 3.8) is 0 Å². The van der Waals surface area contributed by atoms with Crippen LogP contribution in [0.25, 0.3) is 22.3 Å². The lowest BCUT2D eigenvalue weighted by atomic mass is 9.95. The number of rotatable bonds is 0. The van der Waals surface area contributed by atoms with E-state index in [1.807, 2.05) is 24.3 Å². The highest BCUT2D eigenvalue weighted by Gasteiger charge is 2.09. The molecule has 0 aliphatic carbocycles. The zero-order valence-corrected chi connectivity index (χ0v) is 13.2. The Morgan fingerprint density at radius 1 is 0.609 bits per heavy atom. The number of hydrogen-bond donors (Lipinski definition) is 0. The summed E-state index contributed by atoms with van der Waals surface area (Å²) >= 11 is 0. The van der Waals surface area contributed by atoms with Crippen molar-refractivity contribution in [2.45, 2.75) is 13.8 Å². The number of hydrogen-bond acceptors (Lipinski definition) is 2. The molecule has 0 saturated heterocycles. The molecule has 0 saturated carbocycles. The van der Waals surface area contributed by atoms with Crippen LogP contribution in [-0.4, -0.2) is 6.01 Å². The molecular formula is C21H16N2. The monoisotopic (exact) mass is 296 g/mol. The van der Waals surface area contributed by atoms with E-state index in [1.165, 1.54) is 22.3 Å². The van der Waals surface area contributed by atoms with E-state index in [0.717, 1.165) is 22.5 Å². The quantitative estimate of drug-likeness (QED) is 0.375. The summed E-state index contributed by atoms with van der Waals surface area (Å²) in [5, 5.41) is 0. The molecule has 5 rings (SSSR count). The van der Waals surface area contributed by atoms with Crippen molar-refractivity contribution >= 4 is 17.4 Å². The van der Waals surface area contributed by atoms with Crippen LogP contribution in [0.1, 0.15) is 11.1 Å². The average Bonchev–Trinajstić information content (AvgIpc) is 2.58. The Labute approximate surface area is 135 Å². The van der Waals surface area contributed by atoms with Gasteiger partial charge in [0.1, 0.15) is 6.01 Å². The molecule has 2 nitrogen and oxygen atoms in total. The molecule has 0 atom stereocenters. The molecule has 0 aromatic heterocycles. The van der Waals surface area contributed by atoms with Gasteiger partial charge < -0.3 is 0 Å². The molecule has 110 valence electrons. The van der Waals surface area contributed by atoms with E-state index in [1.54, 1.807) is 0 Å². The molecule has 2 aliphatic rings. The van der Waals surface area contributed by atoms with Crippen molar-refractivity contribution < 1.29 is 0 Å². The molecule has 3 aromatic rings. The fourth-order valence-electron chi connectivity index (χ4n) is 3.08. The van der Waals surface area contributed by atoms with E-state index >= 15 is 0 Å². The van der Waals surface area contributed by atoms with Gasteiger partial charge in [0.2, 0.25) is 0 Å². The third kappa shape index (κ3) is 2.30. The summed E-state index contributed by atoms with van der Waals surface area (Å²) in [5.74, 6) is 0. The van der Waals surface area contributed by atoms with E-state index in [4.69, 9.17) is 0 Å². The van der Waals surface area contributed by atoms with Crippen LogP contribution in [0.5, 0.6) is 0 Å². The summed E-state index contributed by atoms with van der Waals surface area (Å²) < 4.78 is 0. The maximum Gasteiger partial charge on any atom is 0.100 e. The fourth-order valence-corrected chi connectivity index (χ4v) is 3.08. The molecule has 23 heavy (non-hydrogen) atoms. The average molecular weight is 296 g/mol. The zero-order chi connectivity index (χ0) is 15.8. The second-order valence-electron chi connectivity index (χ2n) is 5.80. The number of aliphatic imine (C=N–C) groups is 2. The molecule has 0 amide bonds. The second-order valence-corrected chi connectivity index (χ2v) is 5.80. The molecule has 0 N–H and O–H groups in total. The van der Waals surface area contributed by atoms with Crippen molar-refractivity contribution in [3.05, 3.63) is 71.8 Å². The van der Waals surface area contributed by atoms with Crippen LogP contribution in [0.3, 0.4) is 0 Å². The predicted octanol–water partition coefficient (Wildman–Crippen LogP) is 6.09. The Hall–Kier alpha value is -2.96. The van der Waals surface area contributed by atoms with Gasteiger partial charge in [0.05, 0.1) is 11.4 Å². The van der Waals surface area contributed by atoms with Crippen LogP contribution in [0.2, 0.25) is 0 Å². The minimum Gasteiger partial charge on any atom is -0.187 e.